The molecule has 1 amide bonds. The first-order valence-corrected chi connectivity index (χ1v) is 13.5. The fourth-order valence-electron chi connectivity index (χ4n) is 4.18. The van der Waals surface area contributed by atoms with Crippen LogP contribution < -0.4 is 9.54 Å². The Hall–Kier alpha value is -2.53. The zero-order valence-corrected chi connectivity index (χ0v) is 21.4. The second kappa shape index (κ2) is 9.99. The zero-order valence-electron chi connectivity index (χ0n) is 19.7. The first-order valence-electron chi connectivity index (χ1n) is 11.3. The van der Waals surface area contributed by atoms with Gasteiger partial charge < -0.3 is 14.0 Å². The number of benzene rings is 2. The molecule has 2 heterocycles. The number of para-hydroxylation sites is 1. The molecule has 0 aliphatic carbocycles. The SMILES string of the molecule is CCCn1c(=NC(=O)c2ccc(S(=O)(=O)N3CC(C)OC(C)C3)cc2)sc2cccc(OC)c21. The van der Waals surface area contributed by atoms with Crippen LogP contribution in [0.3, 0.4) is 0 Å². The number of methoxy groups -OCH3 is 1. The van der Waals surface area contributed by atoms with Crippen LogP contribution in [-0.2, 0) is 21.3 Å². The molecule has 0 spiro atoms. The Morgan fingerprint density at radius 1 is 1.15 bits per heavy atom. The summed E-state index contributed by atoms with van der Waals surface area (Å²) in [6.07, 6.45) is 0.525. The number of sulfonamides is 1. The number of fused-ring (bicyclic) bond motifs is 1. The van der Waals surface area contributed by atoms with E-state index in [1.807, 2.05) is 36.6 Å². The Balaban J connectivity index is 1.65. The summed E-state index contributed by atoms with van der Waals surface area (Å²) in [5.74, 6) is 0.311. The van der Waals surface area contributed by atoms with Crippen molar-refractivity contribution in [1.82, 2.24) is 8.87 Å². The fourth-order valence-corrected chi connectivity index (χ4v) is 6.84. The largest absolute Gasteiger partial charge is 0.495 e. The third-order valence-corrected chi connectivity index (χ3v) is 8.54. The van der Waals surface area contributed by atoms with Gasteiger partial charge in [-0.2, -0.15) is 9.30 Å². The second-order valence-corrected chi connectivity index (χ2v) is 11.3. The monoisotopic (exact) mass is 503 g/mol. The number of morpholine rings is 1. The number of aryl methyl sites for hydroxylation is 1. The highest BCUT2D eigenvalue weighted by Crippen LogP contribution is 2.27. The summed E-state index contributed by atoms with van der Waals surface area (Å²) in [5.41, 5.74) is 1.24. The van der Waals surface area contributed by atoms with Crippen LogP contribution in [0.2, 0.25) is 0 Å². The van der Waals surface area contributed by atoms with Crippen LogP contribution in [0.5, 0.6) is 5.75 Å². The predicted octanol–water partition coefficient (Wildman–Crippen LogP) is 3.66. The van der Waals surface area contributed by atoms with Crippen molar-refractivity contribution in [3.8, 4) is 5.75 Å². The van der Waals surface area contributed by atoms with Gasteiger partial charge >= 0.3 is 0 Å². The third kappa shape index (κ3) is 4.81. The van der Waals surface area contributed by atoms with Gasteiger partial charge in [-0.15, -0.1) is 0 Å². The summed E-state index contributed by atoms with van der Waals surface area (Å²) in [5, 5.41) is 0. The Morgan fingerprint density at radius 3 is 2.44 bits per heavy atom. The molecule has 2 atom stereocenters. The van der Waals surface area contributed by atoms with E-state index in [1.165, 1.54) is 39.9 Å². The average molecular weight is 504 g/mol. The van der Waals surface area contributed by atoms with Gasteiger partial charge in [-0.05, 0) is 56.7 Å². The van der Waals surface area contributed by atoms with E-state index in [9.17, 15) is 13.2 Å². The van der Waals surface area contributed by atoms with Crippen molar-refractivity contribution in [3.63, 3.8) is 0 Å². The van der Waals surface area contributed by atoms with Gasteiger partial charge in [0.25, 0.3) is 5.91 Å². The van der Waals surface area contributed by atoms with Crippen molar-refractivity contribution in [2.45, 2.75) is 50.8 Å². The number of hydrogen-bond donors (Lipinski definition) is 0. The van der Waals surface area contributed by atoms with Gasteiger partial charge in [0.15, 0.2) is 4.80 Å². The number of thiazole rings is 1. The van der Waals surface area contributed by atoms with Gasteiger partial charge in [0.2, 0.25) is 10.0 Å². The van der Waals surface area contributed by atoms with E-state index in [-0.39, 0.29) is 17.1 Å². The molecule has 3 aromatic rings. The number of amides is 1. The predicted molar refractivity (Wildman–Crippen MR) is 132 cm³/mol. The minimum Gasteiger partial charge on any atom is -0.495 e. The summed E-state index contributed by atoms with van der Waals surface area (Å²) in [7, 11) is -2.05. The average Bonchev–Trinajstić information content (AvgIpc) is 3.15. The van der Waals surface area contributed by atoms with Crippen LogP contribution in [-0.4, -0.2) is 55.6 Å². The van der Waals surface area contributed by atoms with Gasteiger partial charge in [0.05, 0.1) is 28.9 Å². The van der Waals surface area contributed by atoms with E-state index in [0.29, 0.717) is 30.0 Å². The molecular formula is C24H29N3O5S2. The Kier molecular flexibility index (Phi) is 7.22. The standard InChI is InChI=1S/C24H29N3O5S2/c1-5-13-27-22-20(31-4)7-6-8-21(22)33-24(27)25-23(28)18-9-11-19(12-10-18)34(29,30)26-14-16(2)32-17(3)15-26/h6-12,16-17H,5,13-15H2,1-4H3. The number of hydrogen-bond acceptors (Lipinski definition) is 6. The normalized spacial score (nSPS) is 20.1. The van der Waals surface area contributed by atoms with E-state index >= 15 is 0 Å². The second-order valence-electron chi connectivity index (χ2n) is 8.36. The molecule has 34 heavy (non-hydrogen) atoms. The van der Waals surface area contributed by atoms with Gasteiger partial charge in [-0.3, -0.25) is 4.79 Å². The summed E-state index contributed by atoms with van der Waals surface area (Å²) in [6.45, 7) is 7.07. The first-order chi connectivity index (χ1) is 16.2. The Bertz CT molecular complexity index is 1350. The fraction of sp³-hybridized carbons (Fsp3) is 0.417. The van der Waals surface area contributed by atoms with E-state index in [1.54, 1.807) is 7.11 Å². The molecule has 8 nitrogen and oxygen atoms in total. The lowest BCUT2D eigenvalue weighted by Gasteiger charge is -2.34. The van der Waals surface area contributed by atoms with Gasteiger partial charge in [0, 0.05) is 25.2 Å². The van der Waals surface area contributed by atoms with Gasteiger partial charge in [0.1, 0.15) is 11.3 Å². The van der Waals surface area contributed by atoms with Crippen LogP contribution in [0, 0.1) is 0 Å². The number of carbonyl (C=O) groups is 1. The molecule has 2 aromatic carbocycles. The highest BCUT2D eigenvalue weighted by atomic mass is 32.2. The lowest BCUT2D eigenvalue weighted by molar-refractivity contribution is -0.0440. The number of rotatable bonds is 6. The molecule has 1 fully saturated rings. The summed E-state index contributed by atoms with van der Waals surface area (Å²) < 4.78 is 41.7. The third-order valence-electron chi connectivity index (χ3n) is 5.65. The van der Waals surface area contributed by atoms with Crippen molar-refractivity contribution < 1.29 is 22.7 Å². The van der Waals surface area contributed by atoms with Crippen molar-refractivity contribution in [1.29, 1.82) is 0 Å². The number of ether oxygens (including phenoxy) is 2. The maximum absolute atomic E-state index is 13.1. The van der Waals surface area contributed by atoms with Crippen LogP contribution in [0.1, 0.15) is 37.6 Å². The molecule has 0 radical (unpaired) electrons. The minimum atomic E-state index is -3.67. The minimum absolute atomic E-state index is 0.151. The summed E-state index contributed by atoms with van der Waals surface area (Å²) in [6, 6.07) is 11.8. The zero-order chi connectivity index (χ0) is 24.5. The van der Waals surface area contributed by atoms with Crippen molar-refractivity contribution in [2.75, 3.05) is 20.2 Å². The molecule has 1 aliphatic heterocycles. The lowest BCUT2D eigenvalue weighted by Crippen LogP contribution is -2.48. The molecule has 4 rings (SSSR count). The quantitative estimate of drug-likeness (QED) is 0.512. The molecule has 1 saturated heterocycles. The number of nitrogens with zero attached hydrogens (tertiary/aromatic N) is 3. The molecule has 1 aromatic heterocycles. The maximum atomic E-state index is 13.1. The van der Waals surface area contributed by atoms with Crippen LogP contribution in [0.4, 0.5) is 0 Å². The highest BCUT2D eigenvalue weighted by Gasteiger charge is 2.32. The molecule has 1 aliphatic rings. The number of carbonyl (C=O) groups excluding carboxylic acids is 1. The van der Waals surface area contributed by atoms with Crippen LogP contribution in [0.25, 0.3) is 10.2 Å². The van der Waals surface area contributed by atoms with E-state index < -0.39 is 15.9 Å². The number of aromatic nitrogens is 1. The maximum Gasteiger partial charge on any atom is 0.279 e. The summed E-state index contributed by atoms with van der Waals surface area (Å²) >= 11 is 1.42. The van der Waals surface area contributed by atoms with Crippen LogP contribution in [0.15, 0.2) is 52.4 Å². The molecule has 182 valence electrons. The van der Waals surface area contributed by atoms with Crippen molar-refractivity contribution in [3.05, 3.63) is 52.8 Å². The lowest BCUT2D eigenvalue weighted by atomic mass is 10.2. The van der Waals surface area contributed by atoms with Crippen molar-refractivity contribution >= 4 is 37.5 Å². The molecule has 0 saturated carbocycles. The smallest absolute Gasteiger partial charge is 0.279 e. The molecule has 0 bridgehead atoms. The molecule has 0 N–H and O–H groups in total. The van der Waals surface area contributed by atoms with Gasteiger partial charge in [-0.25, -0.2) is 8.42 Å². The van der Waals surface area contributed by atoms with Gasteiger partial charge in [-0.1, -0.05) is 24.3 Å². The topological polar surface area (TPSA) is 90.2 Å². The molecular weight excluding hydrogens is 474 g/mol. The molecule has 2 unspecified atom stereocenters. The van der Waals surface area contributed by atoms with Crippen molar-refractivity contribution in [2.24, 2.45) is 4.99 Å². The Morgan fingerprint density at radius 2 is 1.82 bits per heavy atom. The summed E-state index contributed by atoms with van der Waals surface area (Å²) in [4.78, 5) is 18.1. The van der Waals surface area contributed by atoms with E-state index in [2.05, 4.69) is 11.9 Å². The van der Waals surface area contributed by atoms with E-state index in [4.69, 9.17) is 9.47 Å². The highest BCUT2D eigenvalue weighted by molar-refractivity contribution is 7.89. The first kappa shape index (κ1) is 24.6. The molecule has 10 heteroatoms. The van der Waals surface area contributed by atoms with Crippen LogP contribution >= 0.6 is 11.3 Å². The van der Waals surface area contributed by atoms with E-state index in [0.717, 1.165) is 22.4 Å². The Labute approximate surface area is 203 Å².